The lowest BCUT2D eigenvalue weighted by molar-refractivity contribution is 0.111. The Morgan fingerprint density at radius 1 is 1.38 bits per heavy atom. The molecule has 2 aromatic rings. The van der Waals surface area contributed by atoms with Gasteiger partial charge in [-0.25, -0.2) is 4.68 Å². The first-order valence-electron chi connectivity index (χ1n) is 4.48. The number of carbonyl (C=O) groups is 1. The molecule has 0 saturated heterocycles. The van der Waals surface area contributed by atoms with E-state index in [-0.39, 0.29) is 5.69 Å². The van der Waals surface area contributed by atoms with Crippen LogP contribution >= 0.6 is 23.2 Å². The molecule has 82 valence electrons. The smallest absolute Gasteiger partial charge is 0.171 e. The van der Waals surface area contributed by atoms with E-state index in [1.54, 1.807) is 24.4 Å². The Balaban J connectivity index is 2.26. The standard InChI is InChI=1S/C10H7Cl2N3O/c11-8-1-2-10(12)7(3-8)4-15-5-9(6-16)13-14-15/h1-3,5-6H,4H2. The maximum absolute atomic E-state index is 10.4. The molecule has 0 unspecified atom stereocenters. The molecular formula is C10H7Cl2N3O. The van der Waals surface area contributed by atoms with Gasteiger partial charge in [0.2, 0.25) is 0 Å². The predicted molar refractivity (Wildman–Crippen MR) is 61.0 cm³/mol. The van der Waals surface area contributed by atoms with Crippen LogP contribution < -0.4 is 0 Å². The van der Waals surface area contributed by atoms with Gasteiger partial charge in [-0.1, -0.05) is 28.4 Å². The number of nitrogens with zero attached hydrogens (tertiary/aromatic N) is 3. The fraction of sp³-hybridized carbons (Fsp3) is 0.100. The summed E-state index contributed by atoms with van der Waals surface area (Å²) in [5, 5.41) is 8.65. The lowest BCUT2D eigenvalue weighted by Gasteiger charge is -2.03. The Bertz CT molecular complexity index is 525. The van der Waals surface area contributed by atoms with Crippen molar-refractivity contribution < 1.29 is 4.79 Å². The molecule has 1 aromatic carbocycles. The third-order valence-electron chi connectivity index (χ3n) is 2.02. The Labute approximate surface area is 102 Å². The first-order valence-corrected chi connectivity index (χ1v) is 5.24. The van der Waals surface area contributed by atoms with Crippen LogP contribution in [-0.2, 0) is 6.54 Å². The van der Waals surface area contributed by atoms with Gasteiger partial charge in [0.05, 0.1) is 12.7 Å². The number of carbonyl (C=O) groups excluding carboxylic acids is 1. The number of benzene rings is 1. The van der Waals surface area contributed by atoms with Gasteiger partial charge in [-0.15, -0.1) is 5.10 Å². The monoisotopic (exact) mass is 255 g/mol. The average molecular weight is 256 g/mol. The number of aromatic nitrogens is 3. The average Bonchev–Trinajstić information content (AvgIpc) is 2.71. The summed E-state index contributed by atoms with van der Waals surface area (Å²) < 4.78 is 1.53. The molecule has 0 saturated carbocycles. The van der Waals surface area contributed by atoms with E-state index >= 15 is 0 Å². The van der Waals surface area contributed by atoms with Crippen LogP contribution in [0.1, 0.15) is 16.1 Å². The second kappa shape index (κ2) is 4.63. The zero-order valence-corrected chi connectivity index (χ0v) is 9.61. The van der Waals surface area contributed by atoms with Crippen molar-refractivity contribution in [1.29, 1.82) is 0 Å². The highest BCUT2D eigenvalue weighted by Crippen LogP contribution is 2.21. The number of halogens is 2. The van der Waals surface area contributed by atoms with Gasteiger partial charge in [-0.05, 0) is 23.8 Å². The van der Waals surface area contributed by atoms with E-state index < -0.39 is 0 Å². The maximum atomic E-state index is 10.4. The van der Waals surface area contributed by atoms with Crippen LogP contribution in [0.4, 0.5) is 0 Å². The van der Waals surface area contributed by atoms with Gasteiger partial charge >= 0.3 is 0 Å². The highest BCUT2D eigenvalue weighted by Gasteiger charge is 2.04. The van der Waals surface area contributed by atoms with E-state index in [1.807, 2.05) is 0 Å². The molecule has 0 bridgehead atoms. The molecule has 6 heteroatoms. The zero-order valence-electron chi connectivity index (χ0n) is 8.10. The highest BCUT2D eigenvalue weighted by atomic mass is 35.5. The quantitative estimate of drug-likeness (QED) is 0.792. The van der Waals surface area contributed by atoms with Gasteiger partial charge in [0.15, 0.2) is 6.29 Å². The summed E-state index contributed by atoms with van der Waals surface area (Å²) >= 11 is 11.9. The number of rotatable bonds is 3. The number of hydrogen-bond acceptors (Lipinski definition) is 3. The minimum Gasteiger partial charge on any atom is -0.296 e. The maximum Gasteiger partial charge on any atom is 0.171 e. The Kier molecular flexibility index (Phi) is 3.22. The van der Waals surface area contributed by atoms with Gasteiger partial charge in [0.25, 0.3) is 0 Å². The molecule has 0 aliphatic heterocycles. The first-order chi connectivity index (χ1) is 7.69. The molecule has 4 nitrogen and oxygen atoms in total. The van der Waals surface area contributed by atoms with Crippen LogP contribution in [-0.4, -0.2) is 21.3 Å². The Morgan fingerprint density at radius 2 is 2.19 bits per heavy atom. The second-order valence-electron chi connectivity index (χ2n) is 3.19. The van der Waals surface area contributed by atoms with Crippen LogP contribution in [0.25, 0.3) is 0 Å². The molecule has 2 rings (SSSR count). The van der Waals surface area contributed by atoms with Crippen molar-refractivity contribution >= 4 is 29.5 Å². The van der Waals surface area contributed by atoms with E-state index in [1.165, 1.54) is 4.68 Å². The minimum atomic E-state index is 0.290. The van der Waals surface area contributed by atoms with Crippen molar-refractivity contribution in [3.8, 4) is 0 Å². The molecular weight excluding hydrogens is 249 g/mol. The van der Waals surface area contributed by atoms with Crippen LogP contribution in [0.5, 0.6) is 0 Å². The molecule has 0 N–H and O–H groups in total. The summed E-state index contributed by atoms with van der Waals surface area (Å²) in [6.45, 7) is 0.431. The Morgan fingerprint density at radius 3 is 2.88 bits per heavy atom. The van der Waals surface area contributed by atoms with Crippen molar-refractivity contribution in [3.05, 3.63) is 45.7 Å². The molecule has 1 heterocycles. The topological polar surface area (TPSA) is 47.8 Å². The molecule has 1 aromatic heterocycles. The van der Waals surface area contributed by atoms with Gasteiger partial charge in [0.1, 0.15) is 5.69 Å². The van der Waals surface area contributed by atoms with E-state index in [4.69, 9.17) is 23.2 Å². The summed E-state index contributed by atoms with van der Waals surface area (Å²) in [5.74, 6) is 0. The van der Waals surface area contributed by atoms with Crippen molar-refractivity contribution in [1.82, 2.24) is 15.0 Å². The van der Waals surface area contributed by atoms with Crippen LogP contribution in [0.2, 0.25) is 10.0 Å². The van der Waals surface area contributed by atoms with Crippen LogP contribution in [0, 0.1) is 0 Å². The zero-order chi connectivity index (χ0) is 11.5. The SMILES string of the molecule is O=Cc1cn(Cc2cc(Cl)ccc2Cl)nn1. The highest BCUT2D eigenvalue weighted by molar-refractivity contribution is 6.33. The lowest BCUT2D eigenvalue weighted by Crippen LogP contribution is -2.01. The summed E-state index contributed by atoms with van der Waals surface area (Å²) in [6.07, 6.45) is 2.19. The fourth-order valence-electron chi connectivity index (χ4n) is 1.28. The molecule has 0 radical (unpaired) electrons. The lowest BCUT2D eigenvalue weighted by atomic mass is 10.2. The summed E-state index contributed by atoms with van der Waals surface area (Å²) in [4.78, 5) is 10.4. The van der Waals surface area contributed by atoms with E-state index in [2.05, 4.69) is 10.3 Å². The summed E-state index contributed by atoms with van der Waals surface area (Å²) in [6, 6.07) is 5.19. The van der Waals surface area contributed by atoms with Gasteiger partial charge < -0.3 is 0 Å². The number of aldehydes is 1. The number of hydrogen-bond donors (Lipinski definition) is 0. The third kappa shape index (κ3) is 2.40. The van der Waals surface area contributed by atoms with E-state index in [0.717, 1.165) is 5.56 Å². The Hall–Kier alpha value is -1.39. The fourth-order valence-corrected chi connectivity index (χ4v) is 1.66. The third-order valence-corrected chi connectivity index (χ3v) is 2.62. The molecule has 0 atom stereocenters. The van der Waals surface area contributed by atoms with Crippen LogP contribution in [0.15, 0.2) is 24.4 Å². The van der Waals surface area contributed by atoms with Crippen molar-refractivity contribution in [3.63, 3.8) is 0 Å². The normalized spacial score (nSPS) is 10.4. The van der Waals surface area contributed by atoms with Gasteiger partial charge in [-0.2, -0.15) is 0 Å². The molecule has 0 aliphatic carbocycles. The van der Waals surface area contributed by atoms with Crippen LogP contribution in [0.3, 0.4) is 0 Å². The summed E-state index contributed by atoms with van der Waals surface area (Å²) in [7, 11) is 0. The largest absolute Gasteiger partial charge is 0.296 e. The molecule has 0 fully saturated rings. The van der Waals surface area contributed by atoms with Gasteiger partial charge in [-0.3, -0.25) is 4.79 Å². The molecule has 16 heavy (non-hydrogen) atoms. The molecule has 0 amide bonds. The second-order valence-corrected chi connectivity index (χ2v) is 4.04. The minimum absolute atomic E-state index is 0.290. The summed E-state index contributed by atoms with van der Waals surface area (Å²) in [5.41, 5.74) is 1.12. The predicted octanol–water partition coefficient (Wildman–Crippen LogP) is 2.45. The van der Waals surface area contributed by atoms with Crippen molar-refractivity contribution in [2.75, 3.05) is 0 Å². The molecule has 0 spiro atoms. The van der Waals surface area contributed by atoms with E-state index in [0.29, 0.717) is 22.9 Å². The van der Waals surface area contributed by atoms with Gasteiger partial charge in [0, 0.05) is 10.0 Å². The molecule has 0 aliphatic rings. The first kappa shape index (κ1) is 11.1. The van der Waals surface area contributed by atoms with Crippen molar-refractivity contribution in [2.24, 2.45) is 0 Å². The van der Waals surface area contributed by atoms with Crippen molar-refractivity contribution in [2.45, 2.75) is 6.54 Å². The van der Waals surface area contributed by atoms with E-state index in [9.17, 15) is 4.79 Å².